The van der Waals surface area contributed by atoms with Gasteiger partial charge in [-0.1, -0.05) is 6.92 Å². The molecule has 0 radical (unpaired) electrons. The number of anilines is 1. The normalized spacial score (nSPS) is 11.7. The van der Waals surface area contributed by atoms with Crippen LogP contribution in [-0.4, -0.2) is 34.7 Å². The predicted molar refractivity (Wildman–Crippen MR) is 108 cm³/mol. The Hall–Kier alpha value is -2.74. The predicted octanol–water partition coefficient (Wildman–Crippen LogP) is 3.02. The number of nitrogens with one attached hydrogen (secondary N) is 1. The lowest BCUT2D eigenvalue weighted by atomic mass is 10.1. The number of fused-ring (bicyclic) bond motifs is 1. The Morgan fingerprint density at radius 1 is 1.14 bits per heavy atom. The minimum Gasteiger partial charge on any atom is -0.326 e. The Balaban J connectivity index is 1.69. The molecule has 1 aromatic carbocycles. The topological polar surface area (TPSA) is 93.4 Å². The summed E-state index contributed by atoms with van der Waals surface area (Å²) in [6.07, 6.45) is 0.845. The SMILES string of the molecule is CCS(=O)(=O)c1ccc(NC(=O)CCc2c(C)nc3cc(C)nn3c2C)cc1. The average Bonchev–Trinajstić information content (AvgIpc) is 3.02. The van der Waals surface area contributed by atoms with Crippen molar-refractivity contribution in [2.45, 2.75) is 45.4 Å². The van der Waals surface area contributed by atoms with Gasteiger partial charge in [0.15, 0.2) is 15.5 Å². The molecule has 0 saturated heterocycles. The first-order valence-corrected chi connectivity index (χ1v) is 10.8. The van der Waals surface area contributed by atoms with E-state index in [1.54, 1.807) is 19.1 Å². The highest BCUT2D eigenvalue weighted by Crippen LogP contribution is 2.18. The molecule has 1 amide bonds. The highest BCUT2D eigenvalue weighted by atomic mass is 32.2. The van der Waals surface area contributed by atoms with Crippen molar-refractivity contribution >= 4 is 27.1 Å². The van der Waals surface area contributed by atoms with Crippen LogP contribution in [0, 0.1) is 20.8 Å². The van der Waals surface area contributed by atoms with Gasteiger partial charge in [0, 0.05) is 29.6 Å². The molecule has 0 spiro atoms. The lowest BCUT2D eigenvalue weighted by Gasteiger charge is -2.11. The van der Waals surface area contributed by atoms with Crippen molar-refractivity contribution in [2.24, 2.45) is 0 Å². The Bertz CT molecular complexity index is 1130. The van der Waals surface area contributed by atoms with Crippen LogP contribution in [0.25, 0.3) is 5.65 Å². The molecule has 0 aliphatic heterocycles. The number of hydrogen-bond donors (Lipinski definition) is 1. The van der Waals surface area contributed by atoms with E-state index in [1.165, 1.54) is 12.1 Å². The van der Waals surface area contributed by atoms with Crippen molar-refractivity contribution in [2.75, 3.05) is 11.1 Å². The molecule has 2 aromatic heterocycles. The summed E-state index contributed by atoms with van der Waals surface area (Å²) in [5.41, 5.74) is 5.17. The van der Waals surface area contributed by atoms with E-state index >= 15 is 0 Å². The maximum Gasteiger partial charge on any atom is 0.224 e. The van der Waals surface area contributed by atoms with Gasteiger partial charge in [0.2, 0.25) is 5.91 Å². The molecule has 8 heteroatoms. The minimum absolute atomic E-state index is 0.0472. The highest BCUT2D eigenvalue weighted by Gasteiger charge is 2.14. The van der Waals surface area contributed by atoms with Crippen LogP contribution in [0.1, 0.15) is 36.0 Å². The summed E-state index contributed by atoms with van der Waals surface area (Å²) in [5.74, 6) is -0.0902. The fraction of sp³-hybridized carbons (Fsp3) is 0.350. The molecular weight excluding hydrogens is 376 g/mol. The second-order valence-corrected chi connectivity index (χ2v) is 9.07. The van der Waals surface area contributed by atoms with E-state index in [2.05, 4.69) is 15.4 Å². The lowest BCUT2D eigenvalue weighted by Crippen LogP contribution is -2.14. The van der Waals surface area contributed by atoms with E-state index in [-0.39, 0.29) is 16.6 Å². The van der Waals surface area contributed by atoms with E-state index in [1.807, 2.05) is 31.4 Å². The van der Waals surface area contributed by atoms with Gasteiger partial charge in [0.25, 0.3) is 0 Å². The molecule has 0 aliphatic carbocycles. The van der Waals surface area contributed by atoms with E-state index < -0.39 is 9.84 Å². The summed E-state index contributed by atoms with van der Waals surface area (Å²) in [6.45, 7) is 7.45. The number of aryl methyl sites for hydroxylation is 3. The molecule has 7 nitrogen and oxygen atoms in total. The van der Waals surface area contributed by atoms with Crippen LogP contribution in [0.15, 0.2) is 35.2 Å². The van der Waals surface area contributed by atoms with Crippen LogP contribution >= 0.6 is 0 Å². The van der Waals surface area contributed by atoms with Crippen molar-refractivity contribution in [3.8, 4) is 0 Å². The molecule has 28 heavy (non-hydrogen) atoms. The summed E-state index contributed by atoms with van der Waals surface area (Å²) in [6, 6.07) is 8.17. The first kappa shape index (κ1) is 20.0. The van der Waals surface area contributed by atoms with Gasteiger partial charge in [0.05, 0.1) is 16.3 Å². The van der Waals surface area contributed by atoms with Gasteiger partial charge < -0.3 is 5.32 Å². The third kappa shape index (κ3) is 4.06. The summed E-state index contributed by atoms with van der Waals surface area (Å²) in [7, 11) is -3.24. The Kier molecular flexibility index (Phi) is 5.51. The number of sulfone groups is 1. The van der Waals surface area contributed by atoms with E-state index in [0.717, 1.165) is 28.3 Å². The monoisotopic (exact) mass is 400 g/mol. The molecule has 1 N–H and O–H groups in total. The summed E-state index contributed by atoms with van der Waals surface area (Å²) in [4.78, 5) is 17.2. The fourth-order valence-corrected chi connectivity index (χ4v) is 4.06. The van der Waals surface area contributed by atoms with Gasteiger partial charge in [-0.15, -0.1) is 0 Å². The average molecular weight is 401 g/mol. The Morgan fingerprint density at radius 3 is 2.46 bits per heavy atom. The van der Waals surface area contributed by atoms with E-state index in [9.17, 15) is 13.2 Å². The molecule has 0 unspecified atom stereocenters. The van der Waals surface area contributed by atoms with Crippen LogP contribution in [0.5, 0.6) is 0 Å². The Labute approximate surface area is 164 Å². The highest BCUT2D eigenvalue weighted by molar-refractivity contribution is 7.91. The molecular formula is C20H24N4O3S. The number of hydrogen-bond acceptors (Lipinski definition) is 5. The number of rotatable bonds is 6. The third-order valence-electron chi connectivity index (χ3n) is 4.77. The molecule has 0 saturated carbocycles. The maximum absolute atomic E-state index is 12.3. The van der Waals surface area contributed by atoms with Gasteiger partial charge in [-0.2, -0.15) is 5.10 Å². The summed E-state index contributed by atoms with van der Waals surface area (Å²) < 4.78 is 25.5. The zero-order valence-corrected chi connectivity index (χ0v) is 17.3. The number of amides is 1. The van der Waals surface area contributed by atoms with Crippen molar-refractivity contribution in [1.29, 1.82) is 0 Å². The minimum atomic E-state index is -3.24. The van der Waals surface area contributed by atoms with Gasteiger partial charge in [0.1, 0.15) is 0 Å². The first-order valence-electron chi connectivity index (χ1n) is 9.16. The van der Waals surface area contributed by atoms with Crippen LogP contribution < -0.4 is 5.32 Å². The van der Waals surface area contributed by atoms with Gasteiger partial charge >= 0.3 is 0 Å². The zero-order valence-electron chi connectivity index (χ0n) is 16.5. The van der Waals surface area contributed by atoms with Gasteiger partial charge in [-0.25, -0.2) is 17.9 Å². The smallest absolute Gasteiger partial charge is 0.224 e. The molecule has 148 valence electrons. The van der Waals surface area contributed by atoms with Gasteiger partial charge in [-0.05, 0) is 57.0 Å². The van der Waals surface area contributed by atoms with Crippen LogP contribution in [0.2, 0.25) is 0 Å². The van der Waals surface area contributed by atoms with Crippen molar-refractivity contribution < 1.29 is 13.2 Å². The number of carbonyl (C=O) groups is 1. The molecule has 0 bridgehead atoms. The number of benzene rings is 1. The fourth-order valence-electron chi connectivity index (χ4n) is 3.18. The summed E-state index contributed by atoms with van der Waals surface area (Å²) >= 11 is 0. The molecule has 2 heterocycles. The second kappa shape index (κ2) is 7.71. The van der Waals surface area contributed by atoms with Crippen LogP contribution in [0.3, 0.4) is 0 Å². The van der Waals surface area contributed by atoms with Gasteiger partial charge in [-0.3, -0.25) is 4.79 Å². The molecule has 0 atom stereocenters. The van der Waals surface area contributed by atoms with E-state index in [0.29, 0.717) is 18.5 Å². The molecule has 3 rings (SSSR count). The summed E-state index contributed by atoms with van der Waals surface area (Å²) in [5, 5.41) is 7.26. The number of aromatic nitrogens is 3. The zero-order chi connectivity index (χ0) is 20.5. The third-order valence-corrected chi connectivity index (χ3v) is 6.52. The first-order chi connectivity index (χ1) is 13.2. The number of carbonyl (C=O) groups excluding carboxylic acids is 1. The van der Waals surface area contributed by atoms with Crippen LogP contribution in [0.4, 0.5) is 5.69 Å². The van der Waals surface area contributed by atoms with Crippen molar-refractivity contribution in [3.63, 3.8) is 0 Å². The second-order valence-electron chi connectivity index (χ2n) is 6.79. The Morgan fingerprint density at radius 2 is 1.82 bits per heavy atom. The molecule has 0 aliphatic rings. The van der Waals surface area contributed by atoms with Crippen molar-refractivity contribution in [1.82, 2.24) is 14.6 Å². The standard InChI is InChI=1S/C20H24N4O3S/c1-5-28(26,27)17-8-6-16(7-9-17)22-20(25)11-10-18-14(3)21-19-12-13(2)23-24(19)15(18)4/h6-9,12H,5,10-11H2,1-4H3,(H,22,25). The van der Waals surface area contributed by atoms with Crippen molar-refractivity contribution in [3.05, 3.63) is 53.0 Å². The maximum atomic E-state index is 12.3. The largest absolute Gasteiger partial charge is 0.326 e. The lowest BCUT2D eigenvalue weighted by molar-refractivity contribution is -0.116. The quantitative estimate of drug-likeness (QED) is 0.686. The van der Waals surface area contributed by atoms with E-state index in [4.69, 9.17) is 0 Å². The number of nitrogens with zero attached hydrogens (tertiary/aromatic N) is 3. The van der Waals surface area contributed by atoms with Crippen LogP contribution in [-0.2, 0) is 21.1 Å². The molecule has 3 aromatic rings. The molecule has 0 fully saturated rings.